The number of nitrogens with zero attached hydrogens (tertiary/aromatic N) is 2. The Kier molecular flexibility index (Phi) is 10.7. The van der Waals surface area contributed by atoms with Crippen LogP contribution in [0, 0.1) is 6.92 Å². The lowest BCUT2D eigenvalue weighted by molar-refractivity contribution is -0.140. The minimum atomic E-state index is -3.95. The van der Waals surface area contributed by atoms with E-state index in [1.54, 1.807) is 6.92 Å². The van der Waals surface area contributed by atoms with Crippen LogP contribution in [-0.4, -0.2) is 50.5 Å². The van der Waals surface area contributed by atoms with Crippen molar-refractivity contribution in [3.63, 3.8) is 0 Å². The molecule has 0 radical (unpaired) electrons. The van der Waals surface area contributed by atoms with Gasteiger partial charge in [-0.15, -0.1) is 0 Å². The summed E-state index contributed by atoms with van der Waals surface area (Å²) in [5.41, 5.74) is 1.82. The van der Waals surface area contributed by atoms with Gasteiger partial charge in [0.25, 0.3) is 0 Å². The molecule has 0 saturated carbocycles. The molecule has 0 aliphatic carbocycles. The molecule has 2 aromatic carbocycles. The van der Waals surface area contributed by atoms with Gasteiger partial charge in [-0.2, -0.15) is 0 Å². The molecule has 11 heteroatoms. The van der Waals surface area contributed by atoms with E-state index in [2.05, 4.69) is 5.32 Å². The highest BCUT2D eigenvalue weighted by molar-refractivity contribution is 7.92. The van der Waals surface area contributed by atoms with Gasteiger partial charge in [0.1, 0.15) is 12.6 Å². The molecule has 2 aromatic rings. The summed E-state index contributed by atoms with van der Waals surface area (Å²) in [6, 6.07) is 9.35. The number of rotatable bonds is 11. The number of carbonyl (C=O) groups is 2. The molecule has 1 atom stereocenters. The van der Waals surface area contributed by atoms with Crippen LogP contribution in [0.5, 0.6) is 0 Å². The molecule has 0 bridgehead atoms. The van der Waals surface area contributed by atoms with E-state index in [1.807, 2.05) is 38.1 Å². The molecule has 0 saturated heterocycles. The van der Waals surface area contributed by atoms with E-state index in [-0.39, 0.29) is 33.2 Å². The van der Waals surface area contributed by atoms with Gasteiger partial charge < -0.3 is 10.2 Å². The van der Waals surface area contributed by atoms with Crippen molar-refractivity contribution in [2.45, 2.75) is 46.2 Å². The number of hydrogen-bond donors (Lipinski definition) is 1. The highest BCUT2D eigenvalue weighted by Crippen LogP contribution is 2.35. The summed E-state index contributed by atoms with van der Waals surface area (Å²) in [6.45, 7) is 5.68. The Bertz CT molecular complexity index is 1170. The number of halogens is 3. The fourth-order valence-electron chi connectivity index (χ4n) is 3.55. The fraction of sp³-hybridized carbons (Fsp3) is 0.417. The maximum Gasteiger partial charge on any atom is 0.244 e. The van der Waals surface area contributed by atoms with Gasteiger partial charge in [-0.3, -0.25) is 13.9 Å². The summed E-state index contributed by atoms with van der Waals surface area (Å²) in [5, 5.41) is 3.11. The Morgan fingerprint density at radius 3 is 2.23 bits per heavy atom. The van der Waals surface area contributed by atoms with Crippen molar-refractivity contribution >= 4 is 62.3 Å². The maximum atomic E-state index is 13.7. The lowest BCUT2D eigenvalue weighted by atomic mass is 10.1. The van der Waals surface area contributed by atoms with E-state index in [1.165, 1.54) is 17.0 Å². The van der Waals surface area contributed by atoms with Crippen LogP contribution >= 0.6 is 34.8 Å². The second-order valence-corrected chi connectivity index (χ2v) is 11.3. The summed E-state index contributed by atoms with van der Waals surface area (Å²) in [6.07, 6.45) is 2.06. The first-order valence-corrected chi connectivity index (χ1v) is 14.1. The smallest absolute Gasteiger partial charge is 0.244 e. The van der Waals surface area contributed by atoms with E-state index < -0.39 is 28.5 Å². The van der Waals surface area contributed by atoms with Gasteiger partial charge in [0, 0.05) is 13.1 Å². The van der Waals surface area contributed by atoms with Gasteiger partial charge >= 0.3 is 0 Å². The monoisotopic (exact) mass is 561 g/mol. The summed E-state index contributed by atoms with van der Waals surface area (Å²) in [7, 11) is -3.95. The molecule has 2 rings (SSSR count). The standard InChI is InChI=1S/C24H30Cl3N3O4S/c1-5-11-28-24(32)21(6-2)29(14-17-10-8-7-9-16(17)3)23(31)15-30(35(4,33)34)22-13-19(26)18(25)12-20(22)27/h7-10,12-13,21H,5-6,11,14-15H2,1-4H3,(H,28,32). The summed E-state index contributed by atoms with van der Waals surface area (Å²) >= 11 is 18.4. The third kappa shape index (κ3) is 7.74. The highest BCUT2D eigenvalue weighted by atomic mass is 35.5. The van der Waals surface area contributed by atoms with E-state index in [0.717, 1.165) is 28.1 Å². The van der Waals surface area contributed by atoms with Gasteiger partial charge in [0.05, 0.1) is 27.0 Å². The van der Waals surface area contributed by atoms with Crippen LogP contribution in [0.4, 0.5) is 5.69 Å². The third-order valence-electron chi connectivity index (χ3n) is 5.47. The number of sulfonamides is 1. The first-order valence-electron chi connectivity index (χ1n) is 11.1. The van der Waals surface area contributed by atoms with Gasteiger partial charge in [0.2, 0.25) is 21.8 Å². The molecule has 0 fully saturated rings. The number of amides is 2. The molecule has 0 heterocycles. The lowest BCUT2D eigenvalue weighted by Crippen LogP contribution is -2.52. The summed E-state index contributed by atoms with van der Waals surface area (Å²) < 4.78 is 26.3. The van der Waals surface area contributed by atoms with Crippen LogP contribution < -0.4 is 9.62 Å². The number of hydrogen-bond acceptors (Lipinski definition) is 4. The Morgan fingerprint density at radius 1 is 1.03 bits per heavy atom. The number of anilines is 1. The molecule has 1 unspecified atom stereocenters. The number of benzene rings is 2. The van der Waals surface area contributed by atoms with Crippen LogP contribution in [0.1, 0.15) is 37.8 Å². The van der Waals surface area contributed by atoms with Gasteiger partial charge in [-0.1, -0.05) is 72.9 Å². The molecule has 7 nitrogen and oxygen atoms in total. The van der Waals surface area contributed by atoms with Crippen molar-refractivity contribution in [3.05, 3.63) is 62.6 Å². The SMILES string of the molecule is CCCNC(=O)C(CC)N(Cc1ccccc1C)C(=O)CN(c1cc(Cl)c(Cl)cc1Cl)S(C)(=O)=O. The van der Waals surface area contributed by atoms with Crippen molar-refractivity contribution in [1.82, 2.24) is 10.2 Å². The van der Waals surface area contributed by atoms with Crippen LogP contribution in [0.3, 0.4) is 0 Å². The predicted octanol–water partition coefficient (Wildman–Crippen LogP) is 5.05. The minimum absolute atomic E-state index is 0.0239. The first kappa shape index (κ1) is 29.2. The molecule has 1 N–H and O–H groups in total. The summed E-state index contributed by atoms with van der Waals surface area (Å²) in [4.78, 5) is 28.0. The van der Waals surface area contributed by atoms with E-state index >= 15 is 0 Å². The lowest BCUT2D eigenvalue weighted by Gasteiger charge is -2.33. The molecule has 192 valence electrons. The van der Waals surface area contributed by atoms with Crippen molar-refractivity contribution in [2.75, 3.05) is 23.7 Å². The fourth-order valence-corrected chi connectivity index (χ4v) is 5.10. The first-order chi connectivity index (χ1) is 16.4. The second kappa shape index (κ2) is 12.8. The predicted molar refractivity (Wildman–Crippen MR) is 143 cm³/mol. The highest BCUT2D eigenvalue weighted by Gasteiger charge is 2.32. The third-order valence-corrected chi connectivity index (χ3v) is 7.63. The van der Waals surface area contributed by atoms with E-state index in [4.69, 9.17) is 34.8 Å². The number of nitrogens with one attached hydrogen (secondary N) is 1. The van der Waals surface area contributed by atoms with E-state index in [9.17, 15) is 18.0 Å². The molecular formula is C24H30Cl3N3O4S. The Labute approximate surface area is 222 Å². The molecule has 2 amide bonds. The maximum absolute atomic E-state index is 13.7. The zero-order valence-corrected chi connectivity index (χ0v) is 23.2. The van der Waals surface area contributed by atoms with E-state index in [0.29, 0.717) is 13.0 Å². The topological polar surface area (TPSA) is 86.8 Å². The Balaban J connectivity index is 2.51. The van der Waals surface area contributed by atoms with Gasteiger partial charge in [-0.05, 0) is 43.0 Å². The van der Waals surface area contributed by atoms with Crippen molar-refractivity contribution in [3.8, 4) is 0 Å². The molecule has 0 spiro atoms. The average Bonchev–Trinajstić information content (AvgIpc) is 2.78. The average molecular weight is 563 g/mol. The molecule has 0 aliphatic heterocycles. The molecule has 0 aliphatic rings. The molecular weight excluding hydrogens is 533 g/mol. The number of aryl methyl sites for hydroxylation is 1. The van der Waals surface area contributed by atoms with Crippen molar-refractivity contribution < 1.29 is 18.0 Å². The second-order valence-electron chi connectivity index (χ2n) is 8.15. The normalized spacial score (nSPS) is 12.2. The Morgan fingerprint density at radius 2 is 1.66 bits per heavy atom. The largest absolute Gasteiger partial charge is 0.354 e. The van der Waals surface area contributed by atoms with Crippen molar-refractivity contribution in [1.29, 1.82) is 0 Å². The zero-order chi connectivity index (χ0) is 26.3. The number of carbonyl (C=O) groups excluding carboxylic acids is 2. The van der Waals surface area contributed by atoms with Crippen LogP contribution in [0.25, 0.3) is 0 Å². The van der Waals surface area contributed by atoms with Crippen LogP contribution in [0.2, 0.25) is 15.1 Å². The quantitative estimate of drug-likeness (QED) is 0.388. The molecule has 0 aromatic heterocycles. The van der Waals surface area contributed by atoms with Gasteiger partial charge in [0.15, 0.2) is 0 Å². The summed E-state index contributed by atoms with van der Waals surface area (Å²) in [5.74, 6) is -0.853. The Hall–Kier alpha value is -2.00. The van der Waals surface area contributed by atoms with Crippen molar-refractivity contribution in [2.24, 2.45) is 0 Å². The van der Waals surface area contributed by atoms with Crippen LogP contribution in [0.15, 0.2) is 36.4 Å². The minimum Gasteiger partial charge on any atom is -0.354 e. The zero-order valence-electron chi connectivity index (χ0n) is 20.1. The van der Waals surface area contributed by atoms with Gasteiger partial charge in [-0.25, -0.2) is 8.42 Å². The van der Waals surface area contributed by atoms with Crippen LogP contribution in [-0.2, 0) is 26.2 Å². The molecule has 35 heavy (non-hydrogen) atoms.